The number of carbonyl (C=O) groups is 3. The van der Waals surface area contributed by atoms with Crippen molar-refractivity contribution in [1.29, 1.82) is 0 Å². The molecule has 0 aliphatic heterocycles. The van der Waals surface area contributed by atoms with Gasteiger partial charge in [-0.2, -0.15) is 5.10 Å². The molecule has 10 heteroatoms. The number of hydrogen-bond acceptors (Lipinski definition) is 7. The van der Waals surface area contributed by atoms with Crippen LogP contribution in [0.5, 0.6) is 11.5 Å². The minimum Gasteiger partial charge on any atom is -0.493 e. The molecule has 0 saturated heterocycles. The van der Waals surface area contributed by atoms with E-state index in [9.17, 15) is 14.4 Å². The molecule has 0 saturated carbocycles. The number of rotatable bonds is 12. The van der Waals surface area contributed by atoms with Crippen molar-refractivity contribution in [1.82, 2.24) is 10.7 Å². The minimum absolute atomic E-state index is 0.0127. The molecule has 0 unspecified atom stereocenters. The van der Waals surface area contributed by atoms with Gasteiger partial charge in [-0.05, 0) is 102 Å². The van der Waals surface area contributed by atoms with E-state index in [1.54, 1.807) is 60.7 Å². The van der Waals surface area contributed by atoms with Gasteiger partial charge in [0.2, 0.25) is 0 Å². The molecular weight excluding hydrogens is 648 g/mol. The fourth-order valence-electron chi connectivity index (χ4n) is 4.46. The lowest BCUT2D eigenvalue weighted by atomic mass is 10.1. The number of benzene rings is 4. The zero-order valence-electron chi connectivity index (χ0n) is 26.0. The number of hydrogen-bond donors (Lipinski definition) is 2. The number of esters is 1. The van der Waals surface area contributed by atoms with Crippen molar-refractivity contribution in [2.75, 3.05) is 25.1 Å². The number of ether oxygens (including phenoxy) is 2. The van der Waals surface area contributed by atoms with Gasteiger partial charge in [0.25, 0.3) is 11.8 Å². The van der Waals surface area contributed by atoms with Crippen molar-refractivity contribution in [3.05, 3.63) is 129 Å². The molecule has 0 spiro atoms. The Morgan fingerprint density at radius 2 is 1.54 bits per heavy atom. The summed E-state index contributed by atoms with van der Waals surface area (Å²) in [7, 11) is 1.45. The first-order valence-corrected chi connectivity index (χ1v) is 15.4. The van der Waals surface area contributed by atoms with Crippen molar-refractivity contribution in [2.24, 2.45) is 5.10 Å². The zero-order valence-corrected chi connectivity index (χ0v) is 27.6. The Bertz CT molecular complexity index is 1730. The van der Waals surface area contributed by atoms with E-state index in [0.29, 0.717) is 21.2 Å². The first-order chi connectivity index (χ1) is 22.2. The van der Waals surface area contributed by atoms with Crippen LogP contribution in [0.1, 0.15) is 51.3 Å². The lowest BCUT2D eigenvalue weighted by Gasteiger charge is -2.21. The highest BCUT2D eigenvalue weighted by Crippen LogP contribution is 2.37. The predicted molar refractivity (Wildman–Crippen MR) is 184 cm³/mol. The van der Waals surface area contributed by atoms with Crippen LogP contribution in [-0.4, -0.2) is 44.2 Å². The molecule has 2 N–H and O–H groups in total. The number of aryl methyl sites for hydroxylation is 1. The Morgan fingerprint density at radius 3 is 2.17 bits per heavy atom. The van der Waals surface area contributed by atoms with Crippen LogP contribution in [0.25, 0.3) is 6.08 Å². The largest absolute Gasteiger partial charge is 0.493 e. The number of nitrogens with one attached hydrogen (secondary N) is 2. The van der Waals surface area contributed by atoms with E-state index in [2.05, 4.69) is 50.5 Å². The fourth-order valence-corrected chi connectivity index (χ4v) is 5.00. The third-order valence-corrected chi connectivity index (χ3v) is 7.56. The van der Waals surface area contributed by atoms with Crippen molar-refractivity contribution in [3.8, 4) is 11.5 Å². The molecule has 4 aromatic rings. The summed E-state index contributed by atoms with van der Waals surface area (Å²) >= 11 is 3.44. The highest BCUT2D eigenvalue weighted by Gasteiger charge is 2.18. The lowest BCUT2D eigenvalue weighted by molar-refractivity contribution is -0.117. The van der Waals surface area contributed by atoms with Gasteiger partial charge in [-0.3, -0.25) is 9.59 Å². The van der Waals surface area contributed by atoms with Gasteiger partial charge < -0.3 is 19.7 Å². The van der Waals surface area contributed by atoms with E-state index in [-0.39, 0.29) is 17.2 Å². The maximum Gasteiger partial charge on any atom is 0.343 e. The van der Waals surface area contributed by atoms with E-state index in [1.807, 2.05) is 43.3 Å². The van der Waals surface area contributed by atoms with Crippen LogP contribution in [0.2, 0.25) is 0 Å². The first kappa shape index (κ1) is 33.7. The van der Waals surface area contributed by atoms with Crippen LogP contribution >= 0.6 is 15.9 Å². The topological polar surface area (TPSA) is 109 Å². The molecule has 0 aliphatic rings. The summed E-state index contributed by atoms with van der Waals surface area (Å²) < 4.78 is 11.5. The van der Waals surface area contributed by atoms with E-state index in [4.69, 9.17) is 9.47 Å². The van der Waals surface area contributed by atoms with Gasteiger partial charge in [-0.1, -0.05) is 48.0 Å². The SMILES string of the molecule is CCN(CC)c1ccc(/C=C(/NC(=O)c2ccccc2)C(=O)N/N=C/c2cc(Br)c(OC(=O)c3ccc(C)cc3)c(OC)c2)cc1. The fraction of sp³-hybridized carbons (Fsp3) is 0.167. The van der Waals surface area contributed by atoms with Crippen LogP contribution in [0.15, 0.2) is 106 Å². The summed E-state index contributed by atoms with van der Waals surface area (Å²) in [5.41, 5.74) is 6.65. The Morgan fingerprint density at radius 1 is 0.870 bits per heavy atom. The number of amides is 2. The van der Waals surface area contributed by atoms with Crippen molar-refractivity contribution < 1.29 is 23.9 Å². The average molecular weight is 684 g/mol. The molecule has 2 amide bonds. The smallest absolute Gasteiger partial charge is 0.343 e. The monoisotopic (exact) mass is 682 g/mol. The normalized spacial score (nSPS) is 11.2. The molecule has 0 aliphatic carbocycles. The second-order valence-corrected chi connectivity index (χ2v) is 11.0. The van der Waals surface area contributed by atoms with Gasteiger partial charge in [0.15, 0.2) is 11.5 Å². The van der Waals surface area contributed by atoms with Gasteiger partial charge in [0.1, 0.15) is 5.70 Å². The summed E-state index contributed by atoms with van der Waals surface area (Å²) in [6.45, 7) is 7.84. The third kappa shape index (κ3) is 8.92. The quantitative estimate of drug-likeness (QED) is 0.0562. The molecule has 4 aromatic carbocycles. The minimum atomic E-state index is -0.622. The molecule has 9 nitrogen and oxygen atoms in total. The van der Waals surface area contributed by atoms with Crippen LogP contribution in [-0.2, 0) is 4.79 Å². The summed E-state index contributed by atoms with van der Waals surface area (Å²) in [5, 5.41) is 6.81. The molecular formula is C36H35BrN4O5. The number of anilines is 1. The molecule has 0 fully saturated rings. The van der Waals surface area contributed by atoms with Gasteiger partial charge >= 0.3 is 5.97 Å². The molecule has 0 aromatic heterocycles. The standard InChI is InChI=1S/C36H35BrN4O5/c1-5-41(6-2)29-18-14-25(15-19-29)21-31(39-34(42)27-10-8-7-9-11-27)35(43)40-38-23-26-20-30(37)33(32(22-26)45-4)46-36(44)28-16-12-24(3)13-17-28/h7-23H,5-6H2,1-4H3,(H,39,42)(H,40,43)/b31-21+,38-23+. The average Bonchev–Trinajstić information content (AvgIpc) is 3.07. The van der Waals surface area contributed by atoms with E-state index < -0.39 is 17.8 Å². The summed E-state index contributed by atoms with van der Waals surface area (Å²) in [5.74, 6) is -1.10. The van der Waals surface area contributed by atoms with Crippen LogP contribution in [0.4, 0.5) is 5.69 Å². The van der Waals surface area contributed by atoms with Crippen LogP contribution in [0, 0.1) is 6.92 Å². The Balaban J connectivity index is 1.53. The van der Waals surface area contributed by atoms with E-state index in [0.717, 1.165) is 29.9 Å². The molecule has 0 atom stereocenters. The molecule has 4 rings (SSSR count). The van der Waals surface area contributed by atoms with Gasteiger partial charge in [-0.25, -0.2) is 10.2 Å². The second kappa shape index (κ2) is 16.2. The number of hydrazone groups is 1. The number of methoxy groups -OCH3 is 1. The van der Waals surface area contributed by atoms with E-state index in [1.165, 1.54) is 13.3 Å². The Labute approximate surface area is 277 Å². The summed E-state index contributed by atoms with van der Waals surface area (Å²) in [4.78, 5) is 41.2. The number of nitrogens with zero attached hydrogens (tertiary/aromatic N) is 2. The van der Waals surface area contributed by atoms with Crippen LogP contribution in [0.3, 0.4) is 0 Å². The van der Waals surface area contributed by atoms with Crippen molar-refractivity contribution >= 4 is 51.7 Å². The highest BCUT2D eigenvalue weighted by atomic mass is 79.9. The maximum atomic E-state index is 13.3. The lowest BCUT2D eigenvalue weighted by Crippen LogP contribution is -2.32. The molecule has 236 valence electrons. The molecule has 46 heavy (non-hydrogen) atoms. The number of halogens is 1. The Hall–Kier alpha value is -5.22. The van der Waals surface area contributed by atoms with Gasteiger partial charge in [0.05, 0.1) is 23.4 Å². The molecule has 0 heterocycles. The zero-order chi connectivity index (χ0) is 33.1. The highest BCUT2D eigenvalue weighted by molar-refractivity contribution is 9.10. The maximum absolute atomic E-state index is 13.3. The van der Waals surface area contributed by atoms with Crippen LogP contribution < -0.4 is 25.1 Å². The Kier molecular flexibility index (Phi) is 11.9. The predicted octanol–water partition coefficient (Wildman–Crippen LogP) is 6.75. The van der Waals surface area contributed by atoms with E-state index >= 15 is 0 Å². The van der Waals surface area contributed by atoms with Crippen molar-refractivity contribution in [3.63, 3.8) is 0 Å². The second-order valence-electron chi connectivity index (χ2n) is 10.1. The summed E-state index contributed by atoms with van der Waals surface area (Å²) in [6, 6.07) is 26.6. The third-order valence-electron chi connectivity index (χ3n) is 6.98. The van der Waals surface area contributed by atoms with Gasteiger partial charge in [0, 0.05) is 24.3 Å². The number of carbonyl (C=O) groups excluding carboxylic acids is 3. The van der Waals surface area contributed by atoms with Gasteiger partial charge in [-0.15, -0.1) is 0 Å². The molecule has 0 radical (unpaired) electrons. The first-order valence-electron chi connectivity index (χ1n) is 14.6. The summed E-state index contributed by atoms with van der Waals surface area (Å²) in [6.07, 6.45) is 3.00. The molecule has 0 bridgehead atoms. The van der Waals surface area contributed by atoms with Crippen molar-refractivity contribution in [2.45, 2.75) is 20.8 Å².